The molecule has 0 fully saturated rings. The maximum absolute atomic E-state index is 3.39. The molecule has 4 aromatic rings. The molecule has 0 atom stereocenters. The third-order valence-corrected chi connectivity index (χ3v) is 6.50. The first-order valence-electron chi connectivity index (χ1n) is 13.4. The molecule has 0 aromatic heterocycles. The van der Waals surface area contributed by atoms with Gasteiger partial charge < -0.3 is 0 Å². The maximum Gasteiger partial charge on any atom is 0.0245 e. The molecule has 4 aromatic carbocycles. The summed E-state index contributed by atoms with van der Waals surface area (Å²) in [5, 5.41) is 0. The van der Waals surface area contributed by atoms with Crippen LogP contribution in [0, 0.1) is 11.8 Å². The van der Waals surface area contributed by atoms with Crippen molar-refractivity contribution in [3.63, 3.8) is 0 Å². The Morgan fingerprint density at radius 3 is 1.36 bits per heavy atom. The molecule has 0 radical (unpaired) electrons. The fraction of sp³-hybridized carbons (Fsp3) is 0.222. The van der Waals surface area contributed by atoms with Crippen molar-refractivity contribution < 1.29 is 0 Å². The molecule has 0 amide bonds. The van der Waals surface area contributed by atoms with Crippen LogP contribution in [0.25, 0.3) is 11.1 Å². The summed E-state index contributed by atoms with van der Waals surface area (Å²) in [6.45, 7) is 2.26. The van der Waals surface area contributed by atoms with Gasteiger partial charge in [-0.1, -0.05) is 154 Å². The topological polar surface area (TPSA) is 0 Å². The van der Waals surface area contributed by atoms with E-state index in [2.05, 4.69) is 134 Å². The molecule has 0 unspecified atom stereocenters. The van der Waals surface area contributed by atoms with Gasteiger partial charge in [-0.05, 0) is 52.0 Å². The van der Waals surface area contributed by atoms with E-state index in [4.69, 9.17) is 0 Å². The number of unbranched alkanes of at least 4 members (excludes halogenated alkanes) is 6. The lowest BCUT2D eigenvalue weighted by molar-refractivity contribution is 0.614. The molecule has 4 rings (SSSR count). The fourth-order valence-electron chi connectivity index (χ4n) is 4.60. The minimum Gasteiger partial charge on any atom is -0.0979 e. The van der Waals surface area contributed by atoms with E-state index in [1.807, 2.05) is 0 Å². The number of hydrogen-bond acceptors (Lipinski definition) is 0. The Labute approximate surface area is 217 Å². The first-order chi connectivity index (χ1) is 17.9. The molecule has 0 N–H and O–H groups in total. The Morgan fingerprint density at radius 1 is 0.472 bits per heavy atom. The summed E-state index contributed by atoms with van der Waals surface area (Å²) in [6, 6.07) is 40.9. The Morgan fingerprint density at radius 2 is 0.889 bits per heavy atom. The van der Waals surface area contributed by atoms with Gasteiger partial charge in [0.05, 0.1) is 0 Å². The average molecular weight is 469 g/mol. The van der Waals surface area contributed by atoms with E-state index in [-0.39, 0.29) is 0 Å². The number of rotatable bonds is 10. The second-order valence-electron chi connectivity index (χ2n) is 9.24. The fourth-order valence-corrected chi connectivity index (χ4v) is 4.60. The van der Waals surface area contributed by atoms with E-state index >= 15 is 0 Å². The monoisotopic (exact) mass is 468 g/mol. The minimum atomic E-state index is 0.981. The zero-order valence-corrected chi connectivity index (χ0v) is 21.4. The zero-order chi connectivity index (χ0) is 24.8. The van der Waals surface area contributed by atoms with Crippen LogP contribution in [0.5, 0.6) is 0 Å². The van der Waals surface area contributed by atoms with Crippen molar-refractivity contribution >= 4 is 11.1 Å². The summed E-state index contributed by atoms with van der Waals surface area (Å²) in [4.78, 5) is 0. The third kappa shape index (κ3) is 7.10. The van der Waals surface area contributed by atoms with Gasteiger partial charge in [0.2, 0.25) is 0 Å². The first kappa shape index (κ1) is 25.3. The predicted molar refractivity (Wildman–Crippen MR) is 156 cm³/mol. The van der Waals surface area contributed by atoms with Gasteiger partial charge in [-0.25, -0.2) is 0 Å². The van der Waals surface area contributed by atoms with Crippen molar-refractivity contribution in [2.75, 3.05) is 0 Å². The largest absolute Gasteiger partial charge is 0.0979 e. The van der Waals surface area contributed by atoms with Gasteiger partial charge in [0, 0.05) is 12.0 Å². The summed E-state index contributed by atoms with van der Waals surface area (Å²) in [5.74, 6) is 6.76. The molecular formula is C36H36. The summed E-state index contributed by atoms with van der Waals surface area (Å²) >= 11 is 0. The van der Waals surface area contributed by atoms with Gasteiger partial charge in [0.25, 0.3) is 0 Å². The van der Waals surface area contributed by atoms with E-state index in [0.29, 0.717) is 0 Å². The molecule has 0 heteroatoms. The van der Waals surface area contributed by atoms with Crippen molar-refractivity contribution in [1.29, 1.82) is 0 Å². The standard InChI is InChI=1S/C36H36/c1-2-3-4-5-6-7-8-12-19-30-26-28-34(29-27-30)36(33-24-17-11-18-25-33)35(31-20-13-9-14-21-31)32-22-15-10-16-23-32/h9-11,13-18,20-29H,2-8H2,1H3. The van der Waals surface area contributed by atoms with Crippen LogP contribution in [0.15, 0.2) is 115 Å². The van der Waals surface area contributed by atoms with Crippen molar-refractivity contribution in [3.05, 3.63) is 143 Å². The van der Waals surface area contributed by atoms with E-state index < -0.39 is 0 Å². The van der Waals surface area contributed by atoms with Gasteiger partial charge in [0.15, 0.2) is 0 Å². The highest BCUT2D eigenvalue weighted by atomic mass is 14.2. The first-order valence-corrected chi connectivity index (χ1v) is 13.4. The van der Waals surface area contributed by atoms with Gasteiger partial charge >= 0.3 is 0 Å². The summed E-state index contributed by atoms with van der Waals surface area (Å²) in [7, 11) is 0. The highest BCUT2D eigenvalue weighted by Crippen LogP contribution is 2.36. The van der Waals surface area contributed by atoms with Crippen LogP contribution in [-0.4, -0.2) is 0 Å². The SMILES string of the molecule is CCCCCCCCC#Cc1ccc(C(=C(c2ccccc2)c2ccccc2)c2ccccc2)cc1. The quantitative estimate of drug-likeness (QED) is 0.123. The van der Waals surface area contributed by atoms with Crippen molar-refractivity contribution in [2.24, 2.45) is 0 Å². The molecule has 0 spiro atoms. The van der Waals surface area contributed by atoms with Gasteiger partial charge in [-0.2, -0.15) is 0 Å². The Balaban J connectivity index is 1.66. The molecule has 0 bridgehead atoms. The molecule has 0 heterocycles. The Bertz CT molecular complexity index is 1230. The third-order valence-electron chi connectivity index (χ3n) is 6.50. The molecule has 36 heavy (non-hydrogen) atoms. The van der Waals surface area contributed by atoms with E-state index in [1.165, 1.54) is 71.9 Å². The lowest BCUT2D eigenvalue weighted by Gasteiger charge is -2.18. The molecule has 0 aliphatic carbocycles. The predicted octanol–water partition coefficient (Wildman–Crippen LogP) is 9.80. The van der Waals surface area contributed by atoms with Crippen molar-refractivity contribution in [1.82, 2.24) is 0 Å². The van der Waals surface area contributed by atoms with Crippen LogP contribution in [0.3, 0.4) is 0 Å². The second kappa shape index (κ2) is 13.9. The van der Waals surface area contributed by atoms with Gasteiger partial charge in [-0.15, -0.1) is 0 Å². The summed E-state index contributed by atoms with van der Waals surface area (Å²) < 4.78 is 0. The Kier molecular flexibility index (Phi) is 9.77. The van der Waals surface area contributed by atoms with E-state index in [0.717, 1.165) is 12.0 Å². The average Bonchev–Trinajstić information content (AvgIpc) is 2.95. The van der Waals surface area contributed by atoms with Gasteiger partial charge in [-0.3, -0.25) is 0 Å². The molecule has 0 aliphatic heterocycles. The second-order valence-corrected chi connectivity index (χ2v) is 9.24. The molecule has 0 nitrogen and oxygen atoms in total. The van der Waals surface area contributed by atoms with E-state index in [1.54, 1.807) is 0 Å². The smallest absolute Gasteiger partial charge is 0.0245 e. The highest BCUT2D eigenvalue weighted by Gasteiger charge is 2.15. The normalized spacial score (nSPS) is 10.4. The van der Waals surface area contributed by atoms with Crippen LogP contribution >= 0.6 is 0 Å². The van der Waals surface area contributed by atoms with Crippen LogP contribution in [0.1, 0.15) is 79.7 Å². The number of benzene rings is 4. The molecule has 0 saturated heterocycles. The minimum absolute atomic E-state index is 0.981. The lowest BCUT2D eigenvalue weighted by Crippen LogP contribution is -1.97. The lowest BCUT2D eigenvalue weighted by atomic mass is 9.85. The molecule has 0 aliphatic rings. The van der Waals surface area contributed by atoms with Crippen LogP contribution < -0.4 is 0 Å². The summed E-state index contributed by atoms with van der Waals surface area (Å²) in [6.07, 6.45) is 8.83. The maximum atomic E-state index is 3.39. The van der Waals surface area contributed by atoms with Crippen molar-refractivity contribution in [3.8, 4) is 11.8 Å². The zero-order valence-electron chi connectivity index (χ0n) is 21.4. The molecule has 0 saturated carbocycles. The molecule has 180 valence electrons. The van der Waals surface area contributed by atoms with Crippen molar-refractivity contribution in [2.45, 2.75) is 51.9 Å². The summed E-state index contributed by atoms with van der Waals surface area (Å²) in [5.41, 5.74) is 8.39. The Hall–Kier alpha value is -3.82. The van der Waals surface area contributed by atoms with Crippen LogP contribution in [0.2, 0.25) is 0 Å². The molecular weight excluding hydrogens is 432 g/mol. The number of hydrogen-bond donors (Lipinski definition) is 0. The van der Waals surface area contributed by atoms with Crippen LogP contribution in [-0.2, 0) is 0 Å². The highest BCUT2D eigenvalue weighted by molar-refractivity contribution is 6.04. The van der Waals surface area contributed by atoms with E-state index in [9.17, 15) is 0 Å². The van der Waals surface area contributed by atoms with Gasteiger partial charge in [0.1, 0.15) is 0 Å². The van der Waals surface area contributed by atoms with Crippen LogP contribution in [0.4, 0.5) is 0 Å².